The Labute approximate surface area is 233 Å². The van der Waals surface area contributed by atoms with E-state index in [-0.39, 0.29) is 35.3 Å². The van der Waals surface area contributed by atoms with Crippen LogP contribution in [-0.4, -0.2) is 58.2 Å². The van der Waals surface area contributed by atoms with E-state index in [2.05, 4.69) is 20.0 Å². The lowest BCUT2D eigenvalue weighted by atomic mass is 10.0. The van der Waals surface area contributed by atoms with E-state index in [1.54, 1.807) is 30.3 Å². The van der Waals surface area contributed by atoms with Crippen molar-refractivity contribution in [3.8, 4) is 11.1 Å². The number of hydrogen-bond donors (Lipinski definition) is 3. The van der Waals surface area contributed by atoms with Gasteiger partial charge in [0.2, 0.25) is 16.0 Å². The molecule has 0 radical (unpaired) electrons. The standard InChI is InChI=1S/C27H26F2N6O5S/c1-34-24-17(13-30-26(32-24)31-18-8-5-11-35(14-18)27(37)38)12-20(25(34)36)19-9-10-21(23(29)22(19)28)33-41(39,40)15-16-6-3-2-4-7-16/h2-4,6-7,9-10,12-13,18,33H,5,8,11,14-15H2,1H3,(H,37,38)(H,30,31,32)/t18-/m0/s1. The molecule has 2 aromatic carbocycles. The molecule has 0 bridgehead atoms. The molecule has 0 aliphatic carbocycles. The van der Waals surface area contributed by atoms with E-state index in [4.69, 9.17) is 0 Å². The van der Waals surface area contributed by atoms with Gasteiger partial charge < -0.3 is 15.3 Å². The molecule has 214 valence electrons. The van der Waals surface area contributed by atoms with Crippen LogP contribution in [0, 0.1) is 11.6 Å². The second-order valence-electron chi connectivity index (χ2n) is 9.74. The molecular formula is C27H26F2N6O5S. The number of nitrogens with one attached hydrogen (secondary N) is 2. The van der Waals surface area contributed by atoms with E-state index in [1.165, 1.54) is 28.8 Å². The molecule has 1 fully saturated rings. The van der Waals surface area contributed by atoms with Crippen molar-refractivity contribution in [3.05, 3.63) is 82.3 Å². The molecule has 0 unspecified atom stereocenters. The van der Waals surface area contributed by atoms with Crippen molar-refractivity contribution in [1.82, 2.24) is 19.4 Å². The molecule has 1 atom stereocenters. The zero-order chi connectivity index (χ0) is 29.3. The minimum Gasteiger partial charge on any atom is -0.465 e. The van der Waals surface area contributed by atoms with Gasteiger partial charge in [0.15, 0.2) is 11.6 Å². The number of aryl methyl sites for hydroxylation is 1. The number of sulfonamides is 1. The van der Waals surface area contributed by atoms with Gasteiger partial charge in [0.1, 0.15) is 5.65 Å². The smallest absolute Gasteiger partial charge is 0.407 e. The second-order valence-corrected chi connectivity index (χ2v) is 11.5. The summed E-state index contributed by atoms with van der Waals surface area (Å²) in [6, 6.07) is 11.6. The van der Waals surface area contributed by atoms with Gasteiger partial charge in [-0.05, 0) is 36.6 Å². The van der Waals surface area contributed by atoms with Crippen LogP contribution in [0.25, 0.3) is 22.2 Å². The van der Waals surface area contributed by atoms with E-state index >= 15 is 8.78 Å². The van der Waals surface area contributed by atoms with Crippen molar-refractivity contribution in [2.24, 2.45) is 7.05 Å². The molecule has 11 nitrogen and oxygen atoms in total. The first kappa shape index (κ1) is 28.0. The summed E-state index contributed by atoms with van der Waals surface area (Å²) in [6.07, 6.45) is 1.81. The second kappa shape index (κ2) is 11.1. The van der Waals surface area contributed by atoms with Crippen molar-refractivity contribution < 1.29 is 27.1 Å². The van der Waals surface area contributed by atoms with Crippen LogP contribution in [0.5, 0.6) is 0 Å². The zero-order valence-corrected chi connectivity index (χ0v) is 22.7. The summed E-state index contributed by atoms with van der Waals surface area (Å²) >= 11 is 0. The number of rotatable bonds is 7. The van der Waals surface area contributed by atoms with Gasteiger partial charge in [-0.25, -0.2) is 27.0 Å². The van der Waals surface area contributed by atoms with Crippen LogP contribution in [0.4, 0.5) is 25.2 Å². The summed E-state index contributed by atoms with van der Waals surface area (Å²) < 4.78 is 58.6. The number of nitrogens with zero attached hydrogens (tertiary/aromatic N) is 4. The number of anilines is 2. The molecule has 1 aliphatic rings. The number of hydrogen-bond acceptors (Lipinski definition) is 7. The number of pyridine rings is 1. The fourth-order valence-corrected chi connectivity index (χ4v) is 5.99. The number of likely N-dealkylation sites (tertiary alicyclic amines) is 1. The molecule has 0 spiro atoms. The van der Waals surface area contributed by atoms with Crippen molar-refractivity contribution in [3.63, 3.8) is 0 Å². The molecule has 1 aliphatic heterocycles. The fraction of sp³-hybridized carbons (Fsp3) is 0.259. The van der Waals surface area contributed by atoms with Crippen molar-refractivity contribution in [2.75, 3.05) is 23.1 Å². The summed E-state index contributed by atoms with van der Waals surface area (Å²) in [6.45, 7) is 0.707. The van der Waals surface area contributed by atoms with Crippen LogP contribution in [0.3, 0.4) is 0 Å². The third-order valence-electron chi connectivity index (χ3n) is 6.81. The monoisotopic (exact) mass is 584 g/mol. The molecule has 2 aromatic heterocycles. The van der Waals surface area contributed by atoms with Gasteiger partial charge in [-0.2, -0.15) is 4.98 Å². The lowest BCUT2D eigenvalue weighted by molar-refractivity contribution is 0.132. The van der Waals surface area contributed by atoms with E-state index in [9.17, 15) is 23.1 Å². The number of carbonyl (C=O) groups is 1. The van der Waals surface area contributed by atoms with Gasteiger partial charge in [0.25, 0.3) is 5.56 Å². The van der Waals surface area contributed by atoms with Gasteiger partial charge in [0, 0.05) is 43.3 Å². The number of carboxylic acid groups (broad SMARTS) is 1. The van der Waals surface area contributed by atoms with Gasteiger partial charge in [-0.1, -0.05) is 30.3 Å². The maximum atomic E-state index is 15.2. The quantitative estimate of drug-likeness (QED) is 0.298. The Bertz CT molecular complexity index is 1800. The number of piperidine rings is 1. The maximum Gasteiger partial charge on any atom is 0.407 e. The number of aromatic nitrogens is 3. The van der Waals surface area contributed by atoms with Crippen molar-refractivity contribution in [1.29, 1.82) is 0 Å². The summed E-state index contributed by atoms with van der Waals surface area (Å²) in [4.78, 5) is 34.4. The van der Waals surface area contributed by atoms with Gasteiger partial charge in [0.05, 0.1) is 17.0 Å². The van der Waals surface area contributed by atoms with Crippen LogP contribution < -0.4 is 15.6 Å². The maximum absolute atomic E-state index is 15.2. The number of halogens is 2. The predicted octanol–water partition coefficient (Wildman–Crippen LogP) is 3.77. The Morgan fingerprint density at radius 3 is 2.61 bits per heavy atom. The predicted molar refractivity (Wildman–Crippen MR) is 149 cm³/mol. The lowest BCUT2D eigenvalue weighted by Crippen LogP contribution is -2.44. The minimum atomic E-state index is -4.05. The third kappa shape index (κ3) is 5.96. The number of benzene rings is 2. The highest BCUT2D eigenvalue weighted by Gasteiger charge is 2.25. The Morgan fingerprint density at radius 2 is 1.88 bits per heavy atom. The molecule has 5 rings (SSSR count). The van der Waals surface area contributed by atoms with E-state index in [1.807, 2.05) is 0 Å². The van der Waals surface area contributed by atoms with Gasteiger partial charge >= 0.3 is 6.09 Å². The minimum absolute atomic E-state index is 0.163. The van der Waals surface area contributed by atoms with Crippen molar-refractivity contribution >= 4 is 38.8 Å². The Kier molecular flexibility index (Phi) is 7.58. The fourth-order valence-electron chi connectivity index (χ4n) is 4.79. The van der Waals surface area contributed by atoms with Crippen LogP contribution in [-0.2, 0) is 22.8 Å². The van der Waals surface area contributed by atoms with E-state index < -0.39 is 44.8 Å². The average Bonchev–Trinajstić information content (AvgIpc) is 2.94. The molecule has 4 aromatic rings. The summed E-state index contributed by atoms with van der Waals surface area (Å²) in [7, 11) is -2.62. The molecule has 3 N–H and O–H groups in total. The molecule has 1 saturated heterocycles. The summed E-state index contributed by atoms with van der Waals surface area (Å²) in [5, 5.41) is 12.7. The lowest BCUT2D eigenvalue weighted by Gasteiger charge is -2.31. The van der Waals surface area contributed by atoms with Gasteiger partial charge in [-0.15, -0.1) is 0 Å². The van der Waals surface area contributed by atoms with E-state index in [0.717, 1.165) is 12.1 Å². The molecule has 0 saturated carbocycles. The summed E-state index contributed by atoms with van der Waals surface area (Å²) in [5.74, 6) is -3.07. The van der Waals surface area contributed by atoms with Gasteiger partial charge in [-0.3, -0.25) is 14.1 Å². The van der Waals surface area contributed by atoms with Crippen LogP contribution in [0.1, 0.15) is 18.4 Å². The van der Waals surface area contributed by atoms with Crippen molar-refractivity contribution in [2.45, 2.75) is 24.6 Å². The SMILES string of the molecule is Cn1c(=O)c(-c2ccc(NS(=O)(=O)Cc3ccccc3)c(F)c2F)cc2cnc(N[C@H]3CCCN(C(=O)O)C3)nc21. The molecule has 3 heterocycles. The van der Waals surface area contributed by atoms with Crippen LogP contribution >= 0.6 is 0 Å². The largest absolute Gasteiger partial charge is 0.465 e. The Hall–Kier alpha value is -4.59. The highest BCUT2D eigenvalue weighted by atomic mass is 32.2. The molecular weight excluding hydrogens is 558 g/mol. The average molecular weight is 585 g/mol. The molecule has 41 heavy (non-hydrogen) atoms. The zero-order valence-electron chi connectivity index (χ0n) is 21.8. The molecule has 1 amide bonds. The van der Waals surface area contributed by atoms with Crippen LogP contribution in [0.15, 0.2) is 59.5 Å². The number of amides is 1. The third-order valence-corrected chi connectivity index (χ3v) is 8.06. The Morgan fingerprint density at radius 1 is 1.12 bits per heavy atom. The topological polar surface area (TPSA) is 147 Å². The molecule has 14 heteroatoms. The number of fused-ring (bicyclic) bond motifs is 1. The highest BCUT2D eigenvalue weighted by molar-refractivity contribution is 7.91. The summed E-state index contributed by atoms with van der Waals surface area (Å²) in [5.41, 5.74) is -1.06. The first-order valence-electron chi connectivity index (χ1n) is 12.7. The van der Waals surface area contributed by atoms with Crippen LogP contribution in [0.2, 0.25) is 0 Å². The first-order valence-corrected chi connectivity index (χ1v) is 14.3. The highest BCUT2D eigenvalue weighted by Crippen LogP contribution is 2.29. The Balaban J connectivity index is 1.41. The van der Waals surface area contributed by atoms with E-state index in [0.29, 0.717) is 30.3 Å². The normalized spacial score (nSPS) is 15.6. The first-order chi connectivity index (χ1) is 19.5.